The molecule has 0 N–H and O–H groups in total. The van der Waals surface area contributed by atoms with Crippen molar-refractivity contribution in [2.75, 3.05) is 11.4 Å². The fourth-order valence-electron chi connectivity index (χ4n) is 1.99. The zero-order chi connectivity index (χ0) is 14.6. The van der Waals surface area contributed by atoms with Crippen LogP contribution in [-0.4, -0.2) is 23.8 Å². The SMILES string of the molecule is CC(C)CN(c1ccc([N+](=O)[O-])cc1C=O)C(C)C. The predicted octanol–water partition coefficient (Wildman–Crippen LogP) is 3.28. The lowest BCUT2D eigenvalue weighted by Crippen LogP contribution is -2.34. The average Bonchev–Trinajstić information content (AvgIpc) is 2.34. The Morgan fingerprint density at radius 3 is 2.37 bits per heavy atom. The molecule has 0 saturated heterocycles. The molecular weight excluding hydrogens is 244 g/mol. The van der Waals surface area contributed by atoms with Crippen LogP contribution in [0.25, 0.3) is 0 Å². The minimum absolute atomic E-state index is 0.0564. The number of carbonyl (C=O) groups is 1. The van der Waals surface area contributed by atoms with E-state index in [1.165, 1.54) is 12.1 Å². The van der Waals surface area contributed by atoms with Gasteiger partial charge in [0.2, 0.25) is 0 Å². The zero-order valence-electron chi connectivity index (χ0n) is 11.8. The van der Waals surface area contributed by atoms with Crippen molar-refractivity contribution in [3.8, 4) is 0 Å². The number of non-ortho nitro benzene ring substituents is 1. The molecule has 5 nitrogen and oxygen atoms in total. The Labute approximate surface area is 113 Å². The van der Waals surface area contributed by atoms with Crippen LogP contribution in [-0.2, 0) is 0 Å². The number of rotatable bonds is 6. The number of carbonyl (C=O) groups excluding carboxylic acids is 1. The molecular formula is C14H20N2O3. The number of anilines is 1. The van der Waals surface area contributed by atoms with Gasteiger partial charge in [0, 0.05) is 36.0 Å². The Kier molecular flexibility index (Phi) is 5.03. The van der Waals surface area contributed by atoms with E-state index in [0.717, 1.165) is 12.2 Å². The van der Waals surface area contributed by atoms with Gasteiger partial charge in [0.1, 0.15) is 0 Å². The van der Waals surface area contributed by atoms with Crippen LogP contribution in [0.2, 0.25) is 0 Å². The van der Waals surface area contributed by atoms with Gasteiger partial charge < -0.3 is 4.90 Å². The van der Waals surface area contributed by atoms with Gasteiger partial charge in [-0.15, -0.1) is 0 Å². The molecule has 0 aliphatic rings. The fraction of sp³-hybridized carbons (Fsp3) is 0.500. The van der Waals surface area contributed by atoms with Gasteiger partial charge in [-0.1, -0.05) is 13.8 Å². The maximum absolute atomic E-state index is 11.2. The molecule has 1 aromatic carbocycles. The third-order valence-electron chi connectivity index (χ3n) is 2.84. The van der Waals surface area contributed by atoms with E-state index in [9.17, 15) is 14.9 Å². The Hall–Kier alpha value is -1.91. The summed E-state index contributed by atoms with van der Waals surface area (Å²) in [6.45, 7) is 9.08. The van der Waals surface area contributed by atoms with Crippen LogP contribution in [0.1, 0.15) is 38.1 Å². The van der Waals surface area contributed by atoms with E-state index in [4.69, 9.17) is 0 Å². The second kappa shape index (κ2) is 6.31. The van der Waals surface area contributed by atoms with Crippen molar-refractivity contribution < 1.29 is 9.72 Å². The van der Waals surface area contributed by atoms with Crippen LogP contribution in [0.5, 0.6) is 0 Å². The molecule has 0 spiro atoms. The van der Waals surface area contributed by atoms with Gasteiger partial charge in [-0.3, -0.25) is 14.9 Å². The van der Waals surface area contributed by atoms with Crippen LogP contribution in [0.15, 0.2) is 18.2 Å². The number of nitrogens with zero attached hydrogens (tertiary/aromatic N) is 2. The molecule has 19 heavy (non-hydrogen) atoms. The summed E-state index contributed by atoms with van der Waals surface area (Å²) in [5, 5.41) is 10.7. The minimum Gasteiger partial charge on any atom is -0.368 e. The first-order valence-electron chi connectivity index (χ1n) is 6.37. The zero-order valence-corrected chi connectivity index (χ0v) is 11.8. The van der Waals surface area contributed by atoms with Gasteiger partial charge in [0.25, 0.3) is 5.69 Å². The van der Waals surface area contributed by atoms with Crippen LogP contribution in [0, 0.1) is 16.0 Å². The number of hydrogen-bond donors (Lipinski definition) is 0. The van der Waals surface area contributed by atoms with Crippen molar-refractivity contribution in [2.45, 2.75) is 33.7 Å². The Morgan fingerprint density at radius 2 is 1.95 bits per heavy atom. The summed E-state index contributed by atoms with van der Waals surface area (Å²) in [4.78, 5) is 23.5. The van der Waals surface area contributed by atoms with Gasteiger partial charge >= 0.3 is 0 Å². The number of aldehydes is 1. The Balaban J connectivity index is 3.22. The smallest absolute Gasteiger partial charge is 0.270 e. The predicted molar refractivity (Wildman–Crippen MR) is 75.8 cm³/mol. The van der Waals surface area contributed by atoms with Crippen molar-refractivity contribution in [1.29, 1.82) is 0 Å². The van der Waals surface area contributed by atoms with Crippen LogP contribution < -0.4 is 4.90 Å². The Bertz CT molecular complexity index is 470. The van der Waals surface area contributed by atoms with E-state index in [2.05, 4.69) is 18.7 Å². The quantitative estimate of drug-likeness (QED) is 0.449. The maximum atomic E-state index is 11.2. The molecule has 1 aromatic rings. The van der Waals surface area contributed by atoms with E-state index >= 15 is 0 Å². The van der Waals surface area contributed by atoms with E-state index in [0.29, 0.717) is 17.8 Å². The van der Waals surface area contributed by atoms with Gasteiger partial charge in [0.05, 0.1) is 4.92 Å². The van der Waals surface area contributed by atoms with Crippen molar-refractivity contribution in [3.05, 3.63) is 33.9 Å². The lowest BCUT2D eigenvalue weighted by atomic mass is 10.1. The summed E-state index contributed by atoms with van der Waals surface area (Å²) in [6.07, 6.45) is 0.679. The number of hydrogen-bond acceptors (Lipinski definition) is 4. The van der Waals surface area contributed by atoms with E-state index in [1.807, 2.05) is 13.8 Å². The summed E-state index contributed by atoms with van der Waals surface area (Å²) in [5.41, 5.74) is 1.06. The molecule has 0 amide bonds. The highest BCUT2D eigenvalue weighted by Gasteiger charge is 2.18. The summed E-state index contributed by atoms with van der Waals surface area (Å²) < 4.78 is 0. The third-order valence-corrected chi connectivity index (χ3v) is 2.84. The molecule has 1 rings (SSSR count). The molecule has 0 bridgehead atoms. The van der Waals surface area contributed by atoms with Gasteiger partial charge in [0.15, 0.2) is 6.29 Å². The summed E-state index contributed by atoms with van der Waals surface area (Å²) in [6, 6.07) is 4.66. The molecule has 0 fully saturated rings. The first-order valence-corrected chi connectivity index (χ1v) is 6.37. The van der Waals surface area contributed by atoms with Crippen LogP contribution in [0.3, 0.4) is 0 Å². The van der Waals surface area contributed by atoms with Crippen molar-refractivity contribution in [2.24, 2.45) is 5.92 Å². The fourth-order valence-corrected chi connectivity index (χ4v) is 1.99. The first-order chi connectivity index (χ1) is 8.86. The van der Waals surface area contributed by atoms with Crippen LogP contribution >= 0.6 is 0 Å². The first kappa shape index (κ1) is 15.1. The molecule has 0 unspecified atom stereocenters. The molecule has 0 saturated carbocycles. The van der Waals surface area contributed by atoms with Crippen molar-refractivity contribution in [1.82, 2.24) is 0 Å². The normalized spacial score (nSPS) is 10.8. The molecule has 104 valence electrons. The lowest BCUT2D eigenvalue weighted by Gasteiger charge is -2.31. The van der Waals surface area contributed by atoms with E-state index < -0.39 is 4.92 Å². The topological polar surface area (TPSA) is 63.4 Å². The molecule has 0 heterocycles. The van der Waals surface area contributed by atoms with Crippen molar-refractivity contribution in [3.63, 3.8) is 0 Å². The Morgan fingerprint density at radius 1 is 1.32 bits per heavy atom. The maximum Gasteiger partial charge on any atom is 0.270 e. The van der Waals surface area contributed by atoms with E-state index in [-0.39, 0.29) is 11.7 Å². The van der Waals surface area contributed by atoms with Gasteiger partial charge in [-0.2, -0.15) is 0 Å². The standard InChI is InChI=1S/C14H20N2O3/c1-10(2)8-15(11(3)4)14-6-5-13(16(18)19)7-12(14)9-17/h5-7,9-11H,8H2,1-4H3. The summed E-state index contributed by atoms with van der Waals surface area (Å²) in [7, 11) is 0. The number of nitro benzene ring substituents is 1. The largest absolute Gasteiger partial charge is 0.368 e. The highest BCUT2D eigenvalue weighted by atomic mass is 16.6. The third kappa shape index (κ3) is 3.77. The van der Waals surface area contributed by atoms with Crippen LogP contribution in [0.4, 0.5) is 11.4 Å². The molecule has 0 radical (unpaired) electrons. The van der Waals surface area contributed by atoms with E-state index in [1.54, 1.807) is 6.07 Å². The second-order valence-electron chi connectivity index (χ2n) is 5.26. The highest BCUT2D eigenvalue weighted by Crippen LogP contribution is 2.26. The second-order valence-corrected chi connectivity index (χ2v) is 5.26. The molecule has 0 aliphatic heterocycles. The van der Waals surface area contributed by atoms with Crippen molar-refractivity contribution >= 4 is 17.7 Å². The summed E-state index contributed by atoms with van der Waals surface area (Å²) in [5.74, 6) is 0.442. The number of benzene rings is 1. The monoisotopic (exact) mass is 264 g/mol. The van der Waals surface area contributed by atoms with Gasteiger partial charge in [-0.25, -0.2) is 0 Å². The minimum atomic E-state index is -0.487. The molecule has 0 aromatic heterocycles. The molecule has 0 atom stereocenters. The number of nitro groups is 1. The van der Waals surface area contributed by atoms with Gasteiger partial charge in [-0.05, 0) is 25.8 Å². The lowest BCUT2D eigenvalue weighted by molar-refractivity contribution is -0.384. The average molecular weight is 264 g/mol. The summed E-state index contributed by atoms with van der Waals surface area (Å²) >= 11 is 0. The molecule has 5 heteroatoms. The molecule has 0 aliphatic carbocycles. The highest BCUT2D eigenvalue weighted by molar-refractivity contribution is 5.86.